The van der Waals surface area contributed by atoms with Crippen LogP contribution < -0.4 is 0 Å². The van der Waals surface area contributed by atoms with Crippen LogP contribution in [0, 0.1) is 5.92 Å². The average Bonchev–Trinajstić information content (AvgIpc) is 2.54. The van der Waals surface area contributed by atoms with Crippen LogP contribution in [0.1, 0.15) is 84.0 Å². The fraction of sp³-hybridized carbons (Fsp3) is 0.667. The highest BCUT2D eigenvalue weighted by Gasteiger charge is 2.05. The van der Waals surface area contributed by atoms with Crippen LogP contribution in [-0.2, 0) is 4.79 Å². The summed E-state index contributed by atoms with van der Waals surface area (Å²) < 4.78 is 0. The van der Waals surface area contributed by atoms with Crippen molar-refractivity contribution in [2.24, 2.45) is 5.92 Å². The van der Waals surface area contributed by atoms with E-state index in [0.29, 0.717) is 0 Å². The molecule has 0 aromatic rings. The summed E-state index contributed by atoms with van der Waals surface area (Å²) in [6.07, 6.45) is 27.2. The molecule has 1 heteroatoms. The van der Waals surface area contributed by atoms with Gasteiger partial charge in [-0.25, -0.2) is 0 Å². The topological polar surface area (TPSA) is 17.1 Å². The van der Waals surface area contributed by atoms with Gasteiger partial charge in [0.1, 0.15) is 0 Å². The van der Waals surface area contributed by atoms with Crippen LogP contribution in [0.5, 0.6) is 0 Å². The number of rotatable bonds is 16. The van der Waals surface area contributed by atoms with E-state index in [2.05, 4.69) is 44.1 Å². The number of allylic oxidation sites excluding steroid dienone is 5. The normalized spacial score (nSPS) is 13.0. The summed E-state index contributed by atoms with van der Waals surface area (Å²) in [5.41, 5.74) is 0. The second-order valence-corrected chi connectivity index (χ2v) is 6.01. The Bertz CT molecular complexity index is 301. The van der Waals surface area contributed by atoms with E-state index < -0.39 is 0 Å². The van der Waals surface area contributed by atoms with Crippen molar-refractivity contribution in [3.63, 3.8) is 0 Å². The highest BCUT2D eigenvalue weighted by molar-refractivity contribution is 5.54. The number of unbranched alkanes of at least 4 members (excludes halogenated alkanes) is 7. The van der Waals surface area contributed by atoms with Crippen LogP contribution in [0.25, 0.3) is 0 Å². The zero-order valence-corrected chi connectivity index (χ0v) is 14.6. The highest BCUT2D eigenvalue weighted by atomic mass is 16.1. The molecule has 1 radical (unpaired) electrons. The van der Waals surface area contributed by atoms with Crippen LogP contribution in [0.4, 0.5) is 0 Å². The van der Waals surface area contributed by atoms with Gasteiger partial charge in [-0.3, -0.25) is 4.79 Å². The second-order valence-electron chi connectivity index (χ2n) is 6.01. The second kappa shape index (κ2) is 17.9. The van der Waals surface area contributed by atoms with Gasteiger partial charge < -0.3 is 0 Å². The van der Waals surface area contributed by atoms with Crippen LogP contribution in [0.2, 0.25) is 0 Å². The summed E-state index contributed by atoms with van der Waals surface area (Å²) in [6.45, 7) is 5.92. The smallest absolute Gasteiger partial charge is 0.202 e. The van der Waals surface area contributed by atoms with E-state index in [9.17, 15) is 4.79 Å². The Kier molecular flexibility index (Phi) is 17.0. The molecule has 22 heavy (non-hydrogen) atoms. The molecule has 1 unspecified atom stereocenters. The Hall–Kier alpha value is -1.11. The molecule has 0 aromatic carbocycles. The molecule has 0 aromatic heterocycles. The van der Waals surface area contributed by atoms with Gasteiger partial charge in [0.25, 0.3) is 0 Å². The third kappa shape index (κ3) is 15.3. The first-order valence-corrected chi connectivity index (χ1v) is 9.13. The molecule has 0 aliphatic carbocycles. The van der Waals surface area contributed by atoms with Gasteiger partial charge in [0.05, 0.1) is 0 Å². The molecule has 0 fully saturated rings. The number of carbonyl (C=O) groups excluding carboxylic acids is 1. The summed E-state index contributed by atoms with van der Waals surface area (Å²) in [7, 11) is 0. The third-order valence-corrected chi connectivity index (χ3v) is 3.87. The molecule has 0 saturated heterocycles. The standard InChI is InChI=1S/C21H35O/c1-3-5-6-7-8-9-10-11-12-13-14-15-16-17-19-21(20-22)18-4-2/h4,8-9,11-12,21H,2-3,5-7,10,13-19H2,1H3/b9-8-,12-11-. The lowest BCUT2D eigenvalue weighted by atomic mass is 9.99. The summed E-state index contributed by atoms with van der Waals surface area (Å²) in [6, 6.07) is 0. The third-order valence-electron chi connectivity index (χ3n) is 3.87. The van der Waals surface area contributed by atoms with E-state index in [0.717, 1.165) is 25.7 Å². The fourth-order valence-electron chi connectivity index (χ4n) is 2.45. The van der Waals surface area contributed by atoms with Crippen molar-refractivity contribution in [1.29, 1.82) is 0 Å². The van der Waals surface area contributed by atoms with Gasteiger partial charge in [0.2, 0.25) is 6.29 Å². The molecule has 1 nitrogen and oxygen atoms in total. The van der Waals surface area contributed by atoms with Crippen molar-refractivity contribution in [3.8, 4) is 0 Å². The first-order chi connectivity index (χ1) is 10.8. The molecule has 0 heterocycles. The van der Waals surface area contributed by atoms with Gasteiger partial charge in [-0.15, -0.1) is 6.58 Å². The molecular formula is C21H35O. The first kappa shape index (κ1) is 20.9. The molecule has 0 bridgehead atoms. The summed E-state index contributed by atoms with van der Waals surface area (Å²) in [5.74, 6) is 0.0708. The van der Waals surface area contributed by atoms with Gasteiger partial charge in [-0.05, 0) is 44.9 Å². The fourth-order valence-corrected chi connectivity index (χ4v) is 2.45. The van der Waals surface area contributed by atoms with Crippen molar-refractivity contribution < 1.29 is 4.79 Å². The molecule has 0 rings (SSSR count). The molecular weight excluding hydrogens is 268 g/mol. The average molecular weight is 304 g/mol. The van der Waals surface area contributed by atoms with Crippen LogP contribution in [-0.4, -0.2) is 6.29 Å². The van der Waals surface area contributed by atoms with Gasteiger partial charge in [0.15, 0.2) is 0 Å². The molecule has 0 aliphatic rings. The maximum Gasteiger partial charge on any atom is 0.202 e. The molecule has 0 spiro atoms. The van der Waals surface area contributed by atoms with Gasteiger partial charge in [-0.1, -0.05) is 69.4 Å². The van der Waals surface area contributed by atoms with E-state index in [-0.39, 0.29) is 5.92 Å². The lowest BCUT2D eigenvalue weighted by molar-refractivity contribution is 0.489. The summed E-state index contributed by atoms with van der Waals surface area (Å²) in [4.78, 5) is 10.7. The molecule has 0 amide bonds. The van der Waals surface area contributed by atoms with Crippen LogP contribution in [0.3, 0.4) is 0 Å². The Labute approximate surface area is 138 Å². The lowest BCUT2D eigenvalue weighted by Crippen LogP contribution is -1.99. The molecule has 0 saturated carbocycles. The van der Waals surface area contributed by atoms with Gasteiger partial charge in [0, 0.05) is 5.92 Å². The molecule has 0 N–H and O–H groups in total. The van der Waals surface area contributed by atoms with Crippen molar-refractivity contribution in [2.75, 3.05) is 0 Å². The highest BCUT2D eigenvalue weighted by Crippen LogP contribution is 2.13. The quantitative estimate of drug-likeness (QED) is 0.229. The first-order valence-electron chi connectivity index (χ1n) is 9.13. The Morgan fingerprint density at radius 3 is 2.14 bits per heavy atom. The van der Waals surface area contributed by atoms with E-state index in [1.165, 1.54) is 51.4 Å². The Morgan fingerprint density at radius 1 is 0.909 bits per heavy atom. The summed E-state index contributed by atoms with van der Waals surface area (Å²) in [5, 5.41) is 0. The predicted octanol–water partition coefficient (Wildman–Crippen LogP) is 6.71. The van der Waals surface area contributed by atoms with Crippen LogP contribution in [0.15, 0.2) is 37.0 Å². The largest absolute Gasteiger partial charge is 0.291 e. The number of hydrogen-bond donors (Lipinski definition) is 0. The SMILES string of the molecule is C=CCC([C]=O)CCCCCC/C=C\C/C=C\CCCCC. The minimum absolute atomic E-state index is 0.0708. The van der Waals surface area contributed by atoms with Gasteiger partial charge in [-0.2, -0.15) is 0 Å². The monoisotopic (exact) mass is 303 g/mol. The predicted molar refractivity (Wildman–Crippen MR) is 98.7 cm³/mol. The van der Waals surface area contributed by atoms with Crippen molar-refractivity contribution in [3.05, 3.63) is 37.0 Å². The molecule has 1 atom stereocenters. The maximum atomic E-state index is 10.7. The van der Waals surface area contributed by atoms with Crippen molar-refractivity contribution >= 4 is 6.29 Å². The van der Waals surface area contributed by atoms with Crippen molar-refractivity contribution in [2.45, 2.75) is 84.0 Å². The van der Waals surface area contributed by atoms with Gasteiger partial charge >= 0.3 is 0 Å². The zero-order valence-electron chi connectivity index (χ0n) is 14.6. The molecule has 0 aliphatic heterocycles. The lowest BCUT2D eigenvalue weighted by Gasteiger charge is -2.05. The van der Waals surface area contributed by atoms with E-state index in [1.54, 1.807) is 0 Å². The Balaban J connectivity index is 3.33. The van der Waals surface area contributed by atoms with E-state index >= 15 is 0 Å². The maximum absolute atomic E-state index is 10.7. The Morgan fingerprint density at radius 2 is 1.55 bits per heavy atom. The van der Waals surface area contributed by atoms with E-state index in [1.807, 2.05) is 6.08 Å². The van der Waals surface area contributed by atoms with Crippen LogP contribution >= 0.6 is 0 Å². The number of hydrogen-bond acceptors (Lipinski definition) is 1. The van der Waals surface area contributed by atoms with E-state index in [4.69, 9.17) is 0 Å². The summed E-state index contributed by atoms with van der Waals surface area (Å²) >= 11 is 0. The zero-order chi connectivity index (χ0) is 16.3. The molecule has 125 valence electrons. The minimum Gasteiger partial charge on any atom is -0.291 e. The minimum atomic E-state index is 0.0708. The van der Waals surface area contributed by atoms with Crippen molar-refractivity contribution in [1.82, 2.24) is 0 Å².